The molecule has 110 valence electrons. The fraction of sp³-hybridized carbons (Fsp3) is 0.417. The van der Waals surface area contributed by atoms with Gasteiger partial charge in [-0.1, -0.05) is 11.6 Å². The van der Waals surface area contributed by atoms with E-state index in [1.54, 1.807) is 0 Å². The third-order valence-corrected chi connectivity index (χ3v) is 3.31. The van der Waals surface area contributed by atoms with E-state index in [1.165, 1.54) is 17.0 Å². The smallest absolute Gasteiger partial charge is 0.407 e. The number of amides is 1. The molecule has 1 fully saturated rings. The lowest BCUT2D eigenvalue weighted by atomic mass is 10.2. The zero-order valence-corrected chi connectivity index (χ0v) is 11.4. The molecular formula is C12H15ClFN3O3. The molecule has 1 aromatic rings. The summed E-state index contributed by atoms with van der Waals surface area (Å²) in [5, 5.41) is 11.8. The van der Waals surface area contributed by atoms with Crippen molar-refractivity contribution in [2.24, 2.45) is 0 Å². The summed E-state index contributed by atoms with van der Waals surface area (Å²) in [5.74, 6) is -0.569. The standard InChI is InChI=1S/C12H15ClFN3O3/c13-8-3-10(15)11(4-9(8)14)16-5-7-6-17(12(18)19)1-2-20-7/h3-4,7,16H,1-2,5-6,15H2,(H,18,19)/t7-/m0/s1. The number of nitrogen functional groups attached to an aromatic ring is 1. The predicted octanol–water partition coefficient (Wildman–Crippen LogP) is 1.85. The van der Waals surface area contributed by atoms with Gasteiger partial charge in [-0.3, -0.25) is 0 Å². The van der Waals surface area contributed by atoms with E-state index in [0.717, 1.165) is 0 Å². The molecule has 1 saturated heterocycles. The number of benzene rings is 1. The molecule has 0 aromatic heterocycles. The Kier molecular flexibility index (Phi) is 4.51. The fourth-order valence-corrected chi connectivity index (χ4v) is 2.13. The summed E-state index contributed by atoms with van der Waals surface area (Å²) in [7, 11) is 0. The van der Waals surface area contributed by atoms with E-state index in [1.807, 2.05) is 0 Å². The van der Waals surface area contributed by atoms with Crippen LogP contribution in [0, 0.1) is 5.82 Å². The van der Waals surface area contributed by atoms with Crippen molar-refractivity contribution in [3.05, 3.63) is 23.0 Å². The molecule has 0 unspecified atom stereocenters. The first-order valence-corrected chi connectivity index (χ1v) is 6.43. The van der Waals surface area contributed by atoms with Crippen LogP contribution in [0.4, 0.5) is 20.6 Å². The molecule has 2 rings (SSSR count). The van der Waals surface area contributed by atoms with Crippen LogP contribution >= 0.6 is 11.6 Å². The first-order valence-electron chi connectivity index (χ1n) is 6.05. The number of nitrogens with two attached hydrogens (primary N) is 1. The Bertz CT molecular complexity index is 515. The van der Waals surface area contributed by atoms with Crippen molar-refractivity contribution in [2.45, 2.75) is 6.10 Å². The lowest BCUT2D eigenvalue weighted by Crippen LogP contribution is -2.47. The normalized spacial score (nSPS) is 18.9. The molecule has 20 heavy (non-hydrogen) atoms. The van der Waals surface area contributed by atoms with E-state index in [0.29, 0.717) is 31.1 Å². The summed E-state index contributed by atoms with van der Waals surface area (Å²) in [5.41, 5.74) is 6.45. The largest absolute Gasteiger partial charge is 0.465 e. The van der Waals surface area contributed by atoms with Gasteiger partial charge in [0.25, 0.3) is 0 Å². The number of nitrogens with zero attached hydrogens (tertiary/aromatic N) is 1. The zero-order valence-electron chi connectivity index (χ0n) is 10.6. The Morgan fingerprint density at radius 3 is 3.10 bits per heavy atom. The van der Waals surface area contributed by atoms with Crippen molar-refractivity contribution in [1.82, 2.24) is 4.90 Å². The Hall–Kier alpha value is -1.73. The Balaban J connectivity index is 1.95. The highest BCUT2D eigenvalue weighted by Crippen LogP contribution is 2.26. The van der Waals surface area contributed by atoms with Crippen LogP contribution in [0.2, 0.25) is 5.02 Å². The van der Waals surface area contributed by atoms with Gasteiger partial charge in [-0.05, 0) is 6.07 Å². The third kappa shape index (κ3) is 3.43. The number of carbonyl (C=O) groups is 1. The number of hydrogen-bond donors (Lipinski definition) is 3. The van der Waals surface area contributed by atoms with Crippen molar-refractivity contribution in [2.75, 3.05) is 37.3 Å². The van der Waals surface area contributed by atoms with Gasteiger partial charge in [0.15, 0.2) is 0 Å². The number of halogens is 2. The average molecular weight is 304 g/mol. The van der Waals surface area contributed by atoms with E-state index in [4.69, 9.17) is 27.2 Å². The van der Waals surface area contributed by atoms with Crippen LogP contribution in [0.25, 0.3) is 0 Å². The SMILES string of the molecule is Nc1cc(Cl)c(F)cc1NC[C@H]1CN(C(=O)O)CCO1. The van der Waals surface area contributed by atoms with Gasteiger partial charge >= 0.3 is 6.09 Å². The molecule has 8 heteroatoms. The molecule has 1 heterocycles. The number of ether oxygens (including phenoxy) is 1. The van der Waals surface area contributed by atoms with Crippen molar-refractivity contribution < 1.29 is 19.0 Å². The van der Waals surface area contributed by atoms with Crippen LogP contribution in [0.15, 0.2) is 12.1 Å². The van der Waals surface area contributed by atoms with Crippen molar-refractivity contribution >= 4 is 29.1 Å². The quantitative estimate of drug-likeness (QED) is 0.742. The molecule has 1 amide bonds. The summed E-state index contributed by atoms with van der Waals surface area (Å²) in [6.07, 6.45) is -1.28. The maximum Gasteiger partial charge on any atom is 0.407 e. The molecule has 4 N–H and O–H groups in total. The lowest BCUT2D eigenvalue weighted by molar-refractivity contribution is -0.0147. The molecule has 1 atom stereocenters. The van der Waals surface area contributed by atoms with Gasteiger partial charge in [-0.2, -0.15) is 0 Å². The highest BCUT2D eigenvalue weighted by molar-refractivity contribution is 6.31. The summed E-state index contributed by atoms with van der Waals surface area (Å²) in [6.45, 7) is 1.28. The van der Waals surface area contributed by atoms with Crippen LogP contribution in [0.1, 0.15) is 0 Å². The number of hydrogen-bond acceptors (Lipinski definition) is 4. The minimum absolute atomic E-state index is 0.0426. The third-order valence-electron chi connectivity index (χ3n) is 3.02. The van der Waals surface area contributed by atoms with Crippen molar-refractivity contribution in [3.63, 3.8) is 0 Å². The van der Waals surface area contributed by atoms with Gasteiger partial charge < -0.3 is 25.8 Å². The van der Waals surface area contributed by atoms with Gasteiger partial charge in [0, 0.05) is 19.2 Å². The summed E-state index contributed by atoms with van der Waals surface area (Å²) >= 11 is 5.61. The molecule has 0 bridgehead atoms. The molecule has 1 aliphatic rings. The maximum atomic E-state index is 13.3. The van der Waals surface area contributed by atoms with Crippen LogP contribution in [0.5, 0.6) is 0 Å². The second-order valence-electron chi connectivity index (χ2n) is 4.46. The van der Waals surface area contributed by atoms with Gasteiger partial charge in [0.05, 0.1) is 35.7 Å². The summed E-state index contributed by atoms with van der Waals surface area (Å²) in [6, 6.07) is 2.53. The van der Waals surface area contributed by atoms with Gasteiger partial charge in [0.2, 0.25) is 0 Å². The second-order valence-corrected chi connectivity index (χ2v) is 4.86. The minimum atomic E-state index is -0.977. The van der Waals surface area contributed by atoms with E-state index in [-0.39, 0.29) is 17.7 Å². The first-order chi connectivity index (χ1) is 9.47. The molecule has 0 aliphatic carbocycles. The number of nitrogens with one attached hydrogen (secondary N) is 1. The minimum Gasteiger partial charge on any atom is -0.465 e. The molecular weight excluding hydrogens is 289 g/mol. The Morgan fingerprint density at radius 2 is 2.40 bits per heavy atom. The summed E-state index contributed by atoms with van der Waals surface area (Å²) < 4.78 is 18.8. The topological polar surface area (TPSA) is 87.8 Å². The Morgan fingerprint density at radius 1 is 1.65 bits per heavy atom. The number of anilines is 2. The lowest BCUT2D eigenvalue weighted by Gasteiger charge is -2.31. The predicted molar refractivity (Wildman–Crippen MR) is 73.6 cm³/mol. The molecule has 0 saturated carbocycles. The zero-order chi connectivity index (χ0) is 14.7. The Labute approximate surface area is 120 Å². The monoisotopic (exact) mass is 303 g/mol. The van der Waals surface area contributed by atoms with Gasteiger partial charge in [-0.25, -0.2) is 9.18 Å². The molecule has 1 aromatic carbocycles. The van der Waals surface area contributed by atoms with E-state index >= 15 is 0 Å². The highest BCUT2D eigenvalue weighted by Gasteiger charge is 2.23. The number of carboxylic acid groups (broad SMARTS) is 1. The van der Waals surface area contributed by atoms with E-state index in [9.17, 15) is 9.18 Å². The molecule has 0 spiro atoms. The highest BCUT2D eigenvalue weighted by atomic mass is 35.5. The van der Waals surface area contributed by atoms with Crippen molar-refractivity contribution in [1.29, 1.82) is 0 Å². The molecule has 1 aliphatic heterocycles. The van der Waals surface area contributed by atoms with E-state index in [2.05, 4.69) is 5.32 Å². The van der Waals surface area contributed by atoms with Crippen LogP contribution in [-0.2, 0) is 4.74 Å². The summed E-state index contributed by atoms with van der Waals surface area (Å²) in [4.78, 5) is 12.2. The number of rotatable bonds is 3. The second kappa shape index (κ2) is 6.15. The fourth-order valence-electron chi connectivity index (χ4n) is 1.96. The first kappa shape index (κ1) is 14.7. The number of morpholine rings is 1. The molecule has 0 radical (unpaired) electrons. The van der Waals surface area contributed by atoms with Crippen LogP contribution < -0.4 is 11.1 Å². The van der Waals surface area contributed by atoms with Gasteiger partial charge in [-0.15, -0.1) is 0 Å². The average Bonchev–Trinajstić information content (AvgIpc) is 2.41. The maximum absolute atomic E-state index is 13.3. The van der Waals surface area contributed by atoms with Gasteiger partial charge in [0.1, 0.15) is 5.82 Å². The van der Waals surface area contributed by atoms with Crippen LogP contribution in [0.3, 0.4) is 0 Å². The van der Waals surface area contributed by atoms with E-state index < -0.39 is 11.9 Å². The van der Waals surface area contributed by atoms with Crippen LogP contribution in [-0.4, -0.2) is 48.4 Å². The van der Waals surface area contributed by atoms with Crippen molar-refractivity contribution in [3.8, 4) is 0 Å². The molecule has 6 nitrogen and oxygen atoms in total.